The zero-order chi connectivity index (χ0) is 13.3. The highest BCUT2D eigenvalue weighted by Gasteiger charge is 2.30. The summed E-state index contributed by atoms with van der Waals surface area (Å²) in [4.78, 5) is 0. The molecule has 1 aromatic carbocycles. The minimum absolute atomic E-state index is 0.0181. The molecule has 2 rings (SSSR count). The van der Waals surface area contributed by atoms with Gasteiger partial charge in [0.15, 0.2) is 0 Å². The number of aryl methyl sites for hydroxylation is 1. The predicted molar refractivity (Wildman–Crippen MR) is 73.8 cm³/mol. The number of hydrogen-bond donors (Lipinski definition) is 1. The fraction of sp³-hybridized carbons (Fsp3) is 0.625. The Kier molecular flexibility index (Phi) is 3.76. The molecule has 1 atom stereocenters. The van der Waals surface area contributed by atoms with Crippen molar-refractivity contribution >= 4 is 0 Å². The van der Waals surface area contributed by atoms with Gasteiger partial charge in [-0.2, -0.15) is 0 Å². The largest absolute Gasteiger partial charge is 0.324 e. The van der Waals surface area contributed by atoms with E-state index in [0.717, 1.165) is 24.0 Å². The summed E-state index contributed by atoms with van der Waals surface area (Å²) in [6, 6.07) is 5.15. The Bertz CT molecular complexity index is 395. The van der Waals surface area contributed by atoms with Crippen molar-refractivity contribution in [3.8, 4) is 0 Å². The lowest BCUT2D eigenvalue weighted by molar-refractivity contribution is 0.173. The molecule has 18 heavy (non-hydrogen) atoms. The van der Waals surface area contributed by atoms with Crippen LogP contribution in [0.15, 0.2) is 18.2 Å². The van der Waals surface area contributed by atoms with Crippen molar-refractivity contribution in [2.75, 3.05) is 0 Å². The van der Waals surface area contributed by atoms with Crippen LogP contribution in [0.3, 0.4) is 0 Å². The summed E-state index contributed by atoms with van der Waals surface area (Å²) in [6.07, 6.45) is 4.76. The van der Waals surface area contributed by atoms with E-state index in [9.17, 15) is 4.39 Å². The topological polar surface area (TPSA) is 26.0 Å². The minimum Gasteiger partial charge on any atom is -0.324 e. The van der Waals surface area contributed by atoms with Gasteiger partial charge >= 0.3 is 0 Å². The van der Waals surface area contributed by atoms with E-state index in [1.54, 1.807) is 12.1 Å². The molecule has 100 valence electrons. The van der Waals surface area contributed by atoms with Crippen molar-refractivity contribution in [2.45, 2.75) is 52.5 Å². The zero-order valence-electron chi connectivity index (χ0n) is 11.7. The summed E-state index contributed by atoms with van der Waals surface area (Å²) in [6.45, 7) is 6.56. The van der Waals surface area contributed by atoms with Crippen molar-refractivity contribution in [2.24, 2.45) is 17.1 Å². The summed E-state index contributed by atoms with van der Waals surface area (Å²) in [5, 5.41) is 0. The third-order valence-corrected chi connectivity index (χ3v) is 4.34. The molecule has 0 aliphatic heterocycles. The van der Waals surface area contributed by atoms with Crippen molar-refractivity contribution in [3.63, 3.8) is 0 Å². The number of hydrogen-bond acceptors (Lipinski definition) is 1. The second-order valence-electron chi connectivity index (χ2n) is 6.59. The van der Waals surface area contributed by atoms with Crippen LogP contribution in [0.4, 0.5) is 4.39 Å². The fourth-order valence-corrected chi connectivity index (χ4v) is 3.01. The molecule has 1 nitrogen and oxygen atoms in total. The molecule has 0 amide bonds. The molecular formula is C16H24FN. The van der Waals surface area contributed by atoms with Crippen LogP contribution in [0.2, 0.25) is 0 Å². The van der Waals surface area contributed by atoms with Crippen LogP contribution in [0.25, 0.3) is 0 Å². The Hall–Kier alpha value is -0.890. The van der Waals surface area contributed by atoms with Crippen molar-refractivity contribution in [1.29, 1.82) is 0 Å². The summed E-state index contributed by atoms with van der Waals surface area (Å²) in [5.41, 5.74) is 8.69. The molecule has 0 radical (unpaired) electrons. The first-order chi connectivity index (χ1) is 8.37. The van der Waals surface area contributed by atoms with Crippen LogP contribution < -0.4 is 5.73 Å². The maximum absolute atomic E-state index is 13.4. The Morgan fingerprint density at radius 1 is 1.22 bits per heavy atom. The van der Waals surface area contributed by atoms with E-state index >= 15 is 0 Å². The van der Waals surface area contributed by atoms with Crippen LogP contribution in [-0.4, -0.2) is 0 Å². The Labute approximate surface area is 110 Å². The molecule has 2 heteroatoms. The standard InChI is InChI=1S/C16H24FN/c1-11-8-13(10-14(17)9-11)15(18)12-4-6-16(2,3)7-5-12/h8-10,12,15H,4-7,18H2,1-3H3. The van der Waals surface area contributed by atoms with Crippen molar-refractivity contribution in [3.05, 3.63) is 35.1 Å². The third-order valence-electron chi connectivity index (χ3n) is 4.34. The lowest BCUT2D eigenvalue weighted by atomic mass is 9.70. The van der Waals surface area contributed by atoms with E-state index in [1.165, 1.54) is 12.8 Å². The summed E-state index contributed by atoms with van der Waals surface area (Å²) < 4.78 is 13.4. The Morgan fingerprint density at radius 2 is 1.83 bits per heavy atom. The van der Waals surface area contributed by atoms with Crippen LogP contribution in [0.1, 0.15) is 56.7 Å². The SMILES string of the molecule is Cc1cc(F)cc(C(N)C2CCC(C)(C)CC2)c1. The summed E-state index contributed by atoms with van der Waals surface area (Å²) in [7, 11) is 0. The zero-order valence-corrected chi connectivity index (χ0v) is 11.7. The van der Waals surface area contributed by atoms with Gasteiger partial charge in [-0.1, -0.05) is 19.9 Å². The molecule has 1 fully saturated rings. The molecule has 1 saturated carbocycles. The Morgan fingerprint density at radius 3 is 2.39 bits per heavy atom. The first kappa shape index (κ1) is 13.5. The van der Waals surface area contributed by atoms with E-state index in [1.807, 2.05) is 13.0 Å². The fourth-order valence-electron chi connectivity index (χ4n) is 3.01. The maximum Gasteiger partial charge on any atom is 0.123 e. The van der Waals surface area contributed by atoms with Gasteiger partial charge in [0.2, 0.25) is 0 Å². The highest BCUT2D eigenvalue weighted by atomic mass is 19.1. The van der Waals surface area contributed by atoms with Crippen molar-refractivity contribution in [1.82, 2.24) is 0 Å². The third kappa shape index (κ3) is 3.11. The lowest BCUT2D eigenvalue weighted by Crippen LogP contribution is -2.29. The van der Waals surface area contributed by atoms with Gasteiger partial charge in [-0.25, -0.2) is 4.39 Å². The number of nitrogens with two attached hydrogens (primary N) is 1. The van der Waals surface area contributed by atoms with Crippen LogP contribution in [0.5, 0.6) is 0 Å². The maximum atomic E-state index is 13.4. The van der Waals surface area contributed by atoms with Gasteiger partial charge in [-0.15, -0.1) is 0 Å². The first-order valence-electron chi connectivity index (χ1n) is 6.90. The van der Waals surface area contributed by atoms with Gasteiger partial charge in [0.05, 0.1) is 0 Å². The van der Waals surface area contributed by atoms with Crippen LogP contribution >= 0.6 is 0 Å². The molecule has 1 aliphatic carbocycles. The first-order valence-corrected chi connectivity index (χ1v) is 6.90. The lowest BCUT2D eigenvalue weighted by Gasteiger charge is -2.37. The molecule has 0 aromatic heterocycles. The quantitative estimate of drug-likeness (QED) is 0.828. The Balaban J connectivity index is 2.09. The van der Waals surface area contributed by atoms with Gasteiger partial charge in [-0.3, -0.25) is 0 Å². The van der Waals surface area contributed by atoms with Crippen LogP contribution in [-0.2, 0) is 0 Å². The van der Waals surface area contributed by atoms with Gasteiger partial charge in [0.1, 0.15) is 5.82 Å². The number of rotatable bonds is 2. The monoisotopic (exact) mass is 249 g/mol. The molecule has 1 aliphatic rings. The number of benzene rings is 1. The molecule has 2 N–H and O–H groups in total. The second-order valence-corrected chi connectivity index (χ2v) is 6.59. The summed E-state index contributed by atoms with van der Waals surface area (Å²) in [5.74, 6) is 0.329. The molecule has 0 saturated heterocycles. The smallest absolute Gasteiger partial charge is 0.123 e. The van der Waals surface area contributed by atoms with E-state index in [0.29, 0.717) is 11.3 Å². The average Bonchev–Trinajstić information content (AvgIpc) is 2.27. The number of halogens is 1. The molecule has 1 unspecified atom stereocenters. The van der Waals surface area contributed by atoms with Crippen molar-refractivity contribution < 1.29 is 4.39 Å². The highest BCUT2D eigenvalue weighted by Crippen LogP contribution is 2.42. The molecular weight excluding hydrogens is 225 g/mol. The molecule has 1 aromatic rings. The molecule has 0 bridgehead atoms. The molecule has 0 spiro atoms. The van der Waals surface area contributed by atoms with E-state index in [2.05, 4.69) is 13.8 Å². The highest BCUT2D eigenvalue weighted by molar-refractivity contribution is 5.26. The minimum atomic E-state index is -0.170. The van der Waals surface area contributed by atoms with E-state index in [4.69, 9.17) is 5.73 Å². The summed E-state index contributed by atoms with van der Waals surface area (Å²) >= 11 is 0. The van der Waals surface area contributed by atoms with E-state index < -0.39 is 0 Å². The molecule has 0 heterocycles. The van der Waals surface area contributed by atoms with Gasteiger partial charge in [0, 0.05) is 6.04 Å². The second kappa shape index (κ2) is 5.00. The predicted octanol–water partition coefficient (Wildman–Crippen LogP) is 4.35. The van der Waals surface area contributed by atoms with Gasteiger partial charge < -0.3 is 5.73 Å². The van der Waals surface area contributed by atoms with Gasteiger partial charge in [-0.05, 0) is 67.2 Å². The van der Waals surface area contributed by atoms with Gasteiger partial charge in [0.25, 0.3) is 0 Å². The average molecular weight is 249 g/mol. The normalized spacial score (nSPS) is 21.8. The van der Waals surface area contributed by atoms with Crippen LogP contribution in [0, 0.1) is 24.1 Å². The van der Waals surface area contributed by atoms with E-state index in [-0.39, 0.29) is 11.9 Å².